The lowest BCUT2D eigenvalue weighted by Gasteiger charge is -2.19. The summed E-state index contributed by atoms with van der Waals surface area (Å²) < 4.78 is 7.23. The van der Waals surface area contributed by atoms with Crippen LogP contribution in [0.4, 0.5) is 0 Å². The number of benzene rings is 2. The molecule has 3 aromatic rings. The number of hydrogen-bond acceptors (Lipinski definition) is 4. The standard InChI is InChI=1S/C25H28N2O3/c1-16-22(17(2)27(26-16)21-10-8-7-9-11-21)24(29)30-18(3)23(28)19-12-14-20(15-13-19)25(4,5)6/h7-15,18H,1-6H3/t18-/m1/s1. The third-order valence-corrected chi connectivity index (χ3v) is 5.18. The molecule has 0 radical (unpaired) electrons. The summed E-state index contributed by atoms with van der Waals surface area (Å²) >= 11 is 0. The molecular formula is C25H28N2O3. The highest BCUT2D eigenvalue weighted by atomic mass is 16.5. The fourth-order valence-corrected chi connectivity index (χ4v) is 3.40. The number of nitrogens with zero attached hydrogens (tertiary/aromatic N) is 2. The fraction of sp³-hybridized carbons (Fsp3) is 0.320. The summed E-state index contributed by atoms with van der Waals surface area (Å²) in [6, 6.07) is 17.1. The minimum absolute atomic E-state index is 0.00756. The van der Waals surface area contributed by atoms with Gasteiger partial charge < -0.3 is 4.74 Å². The van der Waals surface area contributed by atoms with Crippen molar-refractivity contribution in [2.45, 2.75) is 53.1 Å². The molecule has 0 aliphatic rings. The van der Waals surface area contributed by atoms with Gasteiger partial charge in [0.05, 0.1) is 17.1 Å². The Morgan fingerprint density at radius 1 is 0.967 bits per heavy atom. The van der Waals surface area contributed by atoms with Gasteiger partial charge in [-0.2, -0.15) is 5.10 Å². The molecule has 0 N–H and O–H groups in total. The minimum atomic E-state index is -0.892. The SMILES string of the molecule is Cc1nn(-c2ccccc2)c(C)c1C(=O)O[C@H](C)C(=O)c1ccc(C(C)(C)C)cc1. The molecule has 0 aliphatic carbocycles. The van der Waals surface area contributed by atoms with Gasteiger partial charge in [0, 0.05) is 5.56 Å². The van der Waals surface area contributed by atoms with Gasteiger partial charge in [0.1, 0.15) is 5.56 Å². The van der Waals surface area contributed by atoms with Crippen LogP contribution in [0.3, 0.4) is 0 Å². The summed E-state index contributed by atoms with van der Waals surface area (Å²) in [5, 5.41) is 4.48. The summed E-state index contributed by atoms with van der Waals surface area (Å²) in [5.74, 6) is -0.770. The van der Waals surface area contributed by atoms with E-state index in [4.69, 9.17) is 4.74 Å². The zero-order valence-electron chi connectivity index (χ0n) is 18.4. The molecule has 0 bridgehead atoms. The third kappa shape index (κ3) is 4.35. The number of aryl methyl sites for hydroxylation is 1. The number of carbonyl (C=O) groups is 2. The summed E-state index contributed by atoms with van der Waals surface area (Å²) in [6.07, 6.45) is -0.892. The Morgan fingerprint density at radius 3 is 2.13 bits per heavy atom. The summed E-state index contributed by atoms with van der Waals surface area (Å²) in [4.78, 5) is 25.6. The second-order valence-electron chi connectivity index (χ2n) is 8.53. The number of ketones is 1. The van der Waals surface area contributed by atoms with Crippen LogP contribution in [-0.2, 0) is 10.2 Å². The van der Waals surface area contributed by atoms with Crippen LogP contribution in [0, 0.1) is 13.8 Å². The molecule has 0 unspecified atom stereocenters. The van der Waals surface area contributed by atoms with E-state index in [2.05, 4.69) is 25.9 Å². The number of carbonyl (C=O) groups excluding carboxylic acids is 2. The van der Waals surface area contributed by atoms with E-state index in [-0.39, 0.29) is 11.2 Å². The summed E-state index contributed by atoms with van der Waals surface area (Å²) in [7, 11) is 0. The molecule has 156 valence electrons. The first-order chi connectivity index (χ1) is 14.1. The van der Waals surface area contributed by atoms with Crippen LogP contribution >= 0.6 is 0 Å². The summed E-state index contributed by atoms with van der Waals surface area (Å²) in [5.41, 5.74) is 4.17. The lowest BCUT2D eigenvalue weighted by atomic mass is 9.86. The number of hydrogen-bond donors (Lipinski definition) is 0. The van der Waals surface area contributed by atoms with E-state index in [1.165, 1.54) is 0 Å². The highest BCUT2D eigenvalue weighted by Gasteiger charge is 2.26. The number of esters is 1. The van der Waals surface area contributed by atoms with Crippen molar-refractivity contribution in [2.24, 2.45) is 0 Å². The Balaban J connectivity index is 1.77. The first-order valence-electron chi connectivity index (χ1n) is 10.1. The van der Waals surface area contributed by atoms with Gasteiger partial charge in [-0.15, -0.1) is 0 Å². The van der Waals surface area contributed by atoms with Crippen LogP contribution in [-0.4, -0.2) is 27.6 Å². The Hall–Kier alpha value is -3.21. The van der Waals surface area contributed by atoms with E-state index >= 15 is 0 Å². The van der Waals surface area contributed by atoms with Gasteiger partial charge in [-0.1, -0.05) is 63.2 Å². The fourth-order valence-electron chi connectivity index (χ4n) is 3.40. The van der Waals surface area contributed by atoms with Crippen LogP contribution in [0.5, 0.6) is 0 Å². The van der Waals surface area contributed by atoms with Crippen molar-refractivity contribution in [3.63, 3.8) is 0 Å². The molecule has 0 aliphatic heterocycles. The van der Waals surface area contributed by atoms with Crippen LogP contribution in [0.2, 0.25) is 0 Å². The molecular weight excluding hydrogens is 376 g/mol. The van der Waals surface area contributed by atoms with Gasteiger partial charge in [-0.05, 0) is 43.9 Å². The Bertz CT molecular complexity index is 1060. The third-order valence-electron chi connectivity index (χ3n) is 5.18. The van der Waals surface area contributed by atoms with E-state index in [9.17, 15) is 9.59 Å². The van der Waals surface area contributed by atoms with Gasteiger partial charge in [0.25, 0.3) is 0 Å². The topological polar surface area (TPSA) is 61.2 Å². The molecule has 0 fully saturated rings. The van der Waals surface area contributed by atoms with Crippen molar-refractivity contribution in [2.75, 3.05) is 0 Å². The van der Waals surface area contributed by atoms with Crippen molar-refractivity contribution in [3.05, 3.63) is 82.7 Å². The van der Waals surface area contributed by atoms with Crippen LogP contribution in [0.15, 0.2) is 54.6 Å². The Labute approximate surface area is 177 Å². The lowest BCUT2D eigenvalue weighted by molar-refractivity contribution is 0.0317. The molecule has 2 aromatic carbocycles. The molecule has 5 heteroatoms. The van der Waals surface area contributed by atoms with Crippen molar-refractivity contribution >= 4 is 11.8 Å². The number of Topliss-reactive ketones (excluding diaryl/α,β-unsaturated/α-hetero) is 1. The maximum atomic E-state index is 12.8. The highest BCUT2D eigenvalue weighted by Crippen LogP contribution is 2.23. The van der Waals surface area contributed by atoms with Gasteiger partial charge >= 0.3 is 5.97 Å². The van der Waals surface area contributed by atoms with Gasteiger partial charge in [-0.25, -0.2) is 9.48 Å². The quantitative estimate of drug-likeness (QED) is 0.432. The average Bonchev–Trinajstić information content (AvgIpc) is 3.01. The normalized spacial score (nSPS) is 12.5. The number of rotatable bonds is 5. The van der Waals surface area contributed by atoms with E-state index in [1.807, 2.05) is 49.4 Å². The van der Waals surface area contributed by atoms with Gasteiger partial charge in [0.2, 0.25) is 5.78 Å². The largest absolute Gasteiger partial charge is 0.451 e. The molecule has 3 rings (SSSR count). The van der Waals surface area contributed by atoms with Crippen molar-refractivity contribution in [3.8, 4) is 5.69 Å². The van der Waals surface area contributed by atoms with Crippen LogP contribution < -0.4 is 0 Å². The van der Waals surface area contributed by atoms with Gasteiger partial charge in [0.15, 0.2) is 6.10 Å². The average molecular weight is 405 g/mol. The van der Waals surface area contributed by atoms with Crippen molar-refractivity contribution in [1.29, 1.82) is 0 Å². The van der Waals surface area contributed by atoms with Crippen LogP contribution in [0.25, 0.3) is 5.69 Å². The number of para-hydroxylation sites is 1. The number of ether oxygens (including phenoxy) is 1. The van der Waals surface area contributed by atoms with E-state index in [0.29, 0.717) is 22.5 Å². The molecule has 1 heterocycles. The molecule has 0 amide bonds. The molecule has 0 spiro atoms. The second kappa shape index (κ2) is 8.27. The summed E-state index contributed by atoms with van der Waals surface area (Å²) in [6.45, 7) is 11.5. The molecule has 1 atom stereocenters. The Morgan fingerprint density at radius 2 is 1.57 bits per heavy atom. The molecule has 1 aromatic heterocycles. The van der Waals surface area contributed by atoms with E-state index in [0.717, 1.165) is 11.3 Å². The highest BCUT2D eigenvalue weighted by molar-refractivity contribution is 6.01. The zero-order chi connectivity index (χ0) is 22.1. The molecule has 30 heavy (non-hydrogen) atoms. The molecule has 0 saturated carbocycles. The zero-order valence-corrected chi connectivity index (χ0v) is 18.4. The molecule has 0 saturated heterocycles. The first kappa shape index (κ1) is 21.5. The minimum Gasteiger partial charge on any atom is -0.451 e. The number of aromatic nitrogens is 2. The maximum absolute atomic E-state index is 12.8. The van der Waals surface area contributed by atoms with E-state index < -0.39 is 12.1 Å². The van der Waals surface area contributed by atoms with Crippen molar-refractivity contribution in [1.82, 2.24) is 9.78 Å². The second-order valence-corrected chi connectivity index (χ2v) is 8.53. The van der Waals surface area contributed by atoms with Crippen LogP contribution in [0.1, 0.15) is 65.4 Å². The molecule has 5 nitrogen and oxygen atoms in total. The van der Waals surface area contributed by atoms with Gasteiger partial charge in [-0.3, -0.25) is 4.79 Å². The predicted octanol–water partition coefficient (Wildman–Crippen LogP) is 5.21. The smallest absolute Gasteiger partial charge is 0.342 e. The maximum Gasteiger partial charge on any atom is 0.342 e. The van der Waals surface area contributed by atoms with E-state index in [1.54, 1.807) is 30.7 Å². The predicted molar refractivity (Wildman–Crippen MR) is 117 cm³/mol. The monoisotopic (exact) mass is 404 g/mol. The Kier molecular flexibility index (Phi) is 5.92. The lowest BCUT2D eigenvalue weighted by Crippen LogP contribution is -2.25. The first-order valence-corrected chi connectivity index (χ1v) is 10.1. The van der Waals surface area contributed by atoms with Crippen molar-refractivity contribution < 1.29 is 14.3 Å².